The minimum Gasteiger partial charge on any atom is -0.345 e. The van der Waals surface area contributed by atoms with Crippen LogP contribution in [0.3, 0.4) is 0 Å². The highest BCUT2D eigenvalue weighted by molar-refractivity contribution is 7.98. The molecule has 0 fully saturated rings. The molecule has 1 N–H and O–H groups in total. The van der Waals surface area contributed by atoms with E-state index in [2.05, 4.69) is 9.97 Å². The number of aromatic amines is 1. The molecule has 0 aliphatic carbocycles. The van der Waals surface area contributed by atoms with Crippen LogP contribution >= 0.6 is 11.8 Å². The van der Waals surface area contributed by atoms with E-state index in [1.807, 2.05) is 18.4 Å². The lowest BCUT2D eigenvalue weighted by molar-refractivity contribution is 0.101. The Labute approximate surface area is 85.9 Å². The second-order valence-electron chi connectivity index (χ2n) is 3.00. The monoisotopic (exact) mass is 206 g/mol. The molecule has 0 bridgehead atoms. The van der Waals surface area contributed by atoms with Crippen LogP contribution in [0.25, 0.3) is 11.0 Å². The average molecular weight is 206 g/mol. The molecule has 72 valence electrons. The lowest BCUT2D eigenvalue weighted by Crippen LogP contribution is -1.96. The van der Waals surface area contributed by atoms with E-state index in [0.717, 1.165) is 21.5 Å². The predicted molar refractivity (Wildman–Crippen MR) is 57.9 cm³/mol. The fourth-order valence-electron chi connectivity index (χ4n) is 1.50. The van der Waals surface area contributed by atoms with E-state index in [1.54, 1.807) is 25.0 Å². The van der Waals surface area contributed by atoms with E-state index in [1.165, 1.54) is 0 Å². The number of carbonyl (C=O) groups excluding carboxylic acids is 1. The number of hydrogen-bond acceptors (Lipinski definition) is 3. The summed E-state index contributed by atoms with van der Waals surface area (Å²) >= 11 is 1.57. The molecule has 2 rings (SSSR count). The molecule has 0 saturated heterocycles. The Kier molecular flexibility index (Phi) is 2.29. The highest BCUT2D eigenvalue weighted by Gasteiger charge is 2.12. The molecule has 14 heavy (non-hydrogen) atoms. The molecular weight excluding hydrogens is 196 g/mol. The second kappa shape index (κ2) is 3.46. The van der Waals surface area contributed by atoms with E-state index >= 15 is 0 Å². The van der Waals surface area contributed by atoms with Crippen molar-refractivity contribution in [3.05, 3.63) is 24.0 Å². The van der Waals surface area contributed by atoms with Gasteiger partial charge >= 0.3 is 0 Å². The van der Waals surface area contributed by atoms with Crippen molar-refractivity contribution in [1.29, 1.82) is 0 Å². The number of aromatic nitrogens is 2. The molecule has 0 amide bonds. The minimum atomic E-state index is 0.0621. The maximum Gasteiger partial charge on any atom is 0.163 e. The van der Waals surface area contributed by atoms with Gasteiger partial charge < -0.3 is 4.98 Å². The Balaban J connectivity index is 2.82. The lowest BCUT2D eigenvalue weighted by Gasteiger charge is -2.03. The van der Waals surface area contributed by atoms with Crippen LogP contribution in [0.2, 0.25) is 0 Å². The largest absolute Gasteiger partial charge is 0.345 e. The SMILES string of the molecule is CSc1ccc2[nH]cnc2c1C(C)=O. The van der Waals surface area contributed by atoms with Crippen molar-refractivity contribution in [3.63, 3.8) is 0 Å². The summed E-state index contributed by atoms with van der Waals surface area (Å²) in [7, 11) is 0. The summed E-state index contributed by atoms with van der Waals surface area (Å²) < 4.78 is 0. The van der Waals surface area contributed by atoms with Crippen molar-refractivity contribution in [2.45, 2.75) is 11.8 Å². The number of carbonyl (C=O) groups is 1. The molecule has 0 aliphatic rings. The summed E-state index contributed by atoms with van der Waals surface area (Å²) in [5.74, 6) is 0.0621. The third kappa shape index (κ3) is 1.32. The smallest absolute Gasteiger partial charge is 0.163 e. The molecule has 0 unspecified atom stereocenters. The fourth-order valence-corrected chi connectivity index (χ4v) is 2.15. The zero-order valence-electron chi connectivity index (χ0n) is 8.00. The first-order valence-corrected chi connectivity index (χ1v) is 5.47. The van der Waals surface area contributed by atoms with Gasteiger partial charge in [-0.15, -0.1) is 11.8 Å². The predicted octanol–water partition coefficient (Wildman–Crippen LogP) is 2.49. The van der Waals surface area contributed by atoms with Crippen LogP contribution in [0.1, 0.15) is 17.3 Å². The third-order valence-corrected chi connectivity index (χ3v) is 2.91. The molecule has 3 nitrogen and oxygen atoms in total. The maximum absolute atomic E-state index is 11.5. The zero-order valence-corrected chi connectivity index (χ0v) is 8.81. The molecular formula is C10H10N2OS. The molecule has 2 aromatic rings. The van der Waals surface area contributed by atoms with Gasteiger partial charge in [0.05, 0.1) is 17.4 Å². The van der Waals surface area contributed by atoms with Gasteiger partial charge in [0.2, 0.25) is 0 Å². The molecule has 0 atom stereocenters. The molecule has 0 saturated carbocycles. The number of thioether (sulfide) groups is 1. The van der Waals surface area contributed by atoms with Crippen molar-refractivity contribution in [2.24, 2.45) is 0 Å². The van der Waals surface area contributed by atoms with Gasteiger partial charge in [0.15, 0.2) is 5.78 Å². The summed E-state index contributed by atoms with van der Waals surface area (Å²) in [4.78, 5) is 19.6. The Morgan fingerprint density at radius 1 is 1.50 bits per heavy atom. The van der Waals surface area contributed by atoms with Crippen molar-refractivity contribution in [1.82, 2.24) is 9.97 Å². The van der Waals surface area contributed by atoms with Crippen LogP contribution in [0.15, 0.2) is 23.4 Å². The van der Waals surface area contributed by atoms with Gasteiger partial charge in [0.1, 0.15) is 5.52 Å². The third-order valence-electron chi connectivity index (χ3n) is 2.13. The lowest BCUT2D eigenvalue weighted by atomic mass is 10.1. The number of fused-ring (bicyclic) bond motifs is 1. The quantitative estimate of drug-likeness (QED) is 0.606. The Morgan fingerprint density at radius 3 is 2.93 bits per heavy atom. The van der Waals surface area contributed by atoms with Crippen LogP contribution < -0.4 is 0 Å². The number of H-pyrrole nitrogens is 1. The average Bonchev–Trinajstić information content (AvgIpc) is 2.62. The van der Waals surface area contributed by atoms with Gasteiger partial charge in [-0.3, -0.25) is 4.79 Å². The number of imidazole rings is 1. The summed E-state index contributed by atoms with van der Waals surface area (Å²) in [6.45, 7) is 1.57. The highest BCUT2D eigenvalue weighted by Crippen LogP contribution is 2.26. The molecule has 0 radical (unpaired) electrons. The van der Waals surface area contributed by atoms with Crippen LogP contribution in [-0.2, 0) is 0 Å². The van der Waals surface area contributed by atoms with E-state index in [0.29, 0.717) is 0 Å². The summed E-state index contributed by atoms with van der Waals surface area (Å²) in [6.07, 6.45) is 3.57. The zero-order chi connectivity index (χ0) is 10.1. The normalized spacial score (nSPS) is 10.7. The molecule has 1 aromatic carbocycles. The topological polar surface area (TPSA) is 45.8 Å². The van der Waals surface area contributed by atoms with E-state index < -0.39 is 0 Å². The van der Waals surface area contributed by atoms with Gasteiger partial charge in [0, 0.05) is 4.90 Å². The Hall–Kier alpha value is -1.29. The number of benzene rings is 1. The summed E-state index contributed by atoms with van der Waals surface area (Å²) in [5.41, 5.74) is 2.40. The fraction of sp³-hybridized carbons (Fsp3) is 0.200. The maximum atomic E-state index is 11.5. The summed E-state index contributed by atoms with van der Waals surface area (Å²) in [6, 6.07) is 3.89. The first-order chi connectivity index (χ1) is 6.74. The second-order valence-corrected chi connectivity index (χ2v) is 3.85. The van der Waals surface area contributed by atoms with E-state index in [4.69, 9.17) is 0 Å². The van der Waals surface area contributed by atoms with Crippen LogP contribution in [0.5, 0.6) is 0 Å². The van der Waals surface area contributed by atoms with Gasteiger partial charge in [-0.2, -0.15) is 0 Å². The van der Waals surface area contributed by atoms with Gasteiger partial charge in [-0.1, -0.05) is 0 Å². The van der Waals surface area contributed by atoms with Crippen molar-refractivity contribution in [3.8, 4) is 0 Å². The Bertz CT molecular complexity index is 490. The number of ketones is 1. The number of rotatable bonds is 2. The number of nitrogens with one attached hydrogen (secondary N) is 1. The standard InChI is InChI=1S/C10H10N2OS/c1-6(13)9-8(14-2)4-3-7-10(9)12-5-11-7/h3-5H,1-2H3,(H,11,12). The molecule has 1 heterocycles. The van der Waals surface area contributed by atoms with E-state index in [9.17, 15) is 4.79 Å². The van der Waals surface area contributed by atoms with Crippen LogP contribution in [-0.4, -0.2) is 22.0 Å². The number of Topliss-reactive ketones (excluding diaryl/α,β-unsaturated/α-hetero) is 1. The number of nitrogens with zero attached hydrogens (tertiary/aromatic N) is 1. The van der Waals surface area contributed by atoms with Gasteiger partial charge in [0.25, 0.3) is 0 Å². The van der Waals surface area contributed by atoms with Crippen LogP contribution in [0.4, 0.5) is 0 Å². The first kappa shape index (κ1) is 9.27. The molecule has 1 aromatic heterocycles. The first-order valence-electron chi connectivity index (χ1n) is 4.25. The van der Waals surface area contributed by atoms with Gasteiger partial charge in [-0.25, -0.2) is 4.98 Å². The minimum absolute atomic E-state index is 0.0621. The van der Waals surface area contributed by atoms with Crippen LogP contribution in [0, 0.1) is 0 Å². The van der Waals surface area contributed by atoms with E-state index in [-0.39, 0.29) is 5.78 Å². The molecule has 4 heteroatoms. The highest BCUT2D eigenvalue weighted by atomic mass is 32.2. The Morgan fingerprint density at radius 2 is 2.29 bits per heavy atom. The summed E-state index contributed by atoms with van der Waals surface area (Å²) in [5, 5.41) is 0. The van der Waals surface area contributed by atoms with Crippen molar-refractivity contribution >= 4 is 28.6 Å². The van der Waals surface area contributed by atoms with Gasteiger partial charge in [-0.05, 0) is 25.3 Å². The van der Waals surface area contributed by atoms with Crippen molar-refractivity contribution in [2.75, 3.05) is 6.26 Å². The number of hydrogen-bond donors (Lipinski definition) is 1. The molecule has 0 aliphatic heterocycles. The van der Waals surface area contributed by atoms with Crippen molar-refractivity contribution < 1.29 is 4.79 Å². The molecule has 0 spiro atoms.